The molecule has 0 aliphatic carbocycles. The Kier molecular flexibility index (Phi) is 4.72. The van der Waals surface area contributed by atoms with Gasteiger partial charge in [0.15, 0.2) is 5.78 Å². The number of Topliss-reactive ketones (excluding diaryl/α,β-unsaturated/α-hetero) is 1. The van der Waals surface area contributed by atoms with E-state index >= 15 is 0 Å². The number of nitrogens with zero attached hydrogens (tertiary/aromatic N) is 1. The number of hydrogen-bond acceptors (Lipinski definition) is 3. The SMILES string of the molecule is COC(=O)C=Cc1cc(C(C)=O)n(Cc2ccccc2)c1. The van der Waals surface area contributed by atoms with E-state index in [0.717, 1.165) is 11.1 Å². The maximum atomic E-state index is 11.7. The number of carbonyl (C=O) groups is 2. The van der Waals surface area contributed by atoms with Crippen LogP contribution >= 0.6 is 0 Å². The zero-order valence-electron chi connectivity index (χ0n) is 12.1. The highest BCUT2D eigenvalue weighted by molar-refractivity contribution is 5.94. The van der Waals surface area contributed by atoms with Crippen LogP contribution in [0.3, 0.4) is 0 Å². The van der Waals surface area contributed by atoms with Gasteiger partial charge < -0.3 is 9.30 Å². The summed E-state index contributed by atoms with van der Waals surface area (Å²) in [5.41, 5.74) is 2.52. The lowest BCUT2D eigenvalue weighted by molar-refractivity contribution is -0.134. The Bertz CT molecular complexity index is 669. The quantitative estimate of drug-likeness (QED) is 0.481. The van der Waals surface area contributed by atoms with Crippen LogP contribution in [-0.2, 0) is 16.1 Å². The Morgan fingerprint density at radius 2 is 1.95 bits per heavy atom. The summed E-state index contributed by atoms with van der Waals surface area (Å²) in [4.78, 5) is 22.8. The first-order chi connectivity index (χ1) is 10.1. The fourth-order valence-corrected chi connectivity index (χ4v) is 2.07. The van der Waals surface area contributed by atoms with Crippen LogP contribution in [0.1, 0.15) is 28.5 Å². The molecule has 2 aromatic rings. The molecule has 0 unspecified atom stereocenters. The van der Waals surface area contributed by atoms with Crippen molar-refractivity contribution in [1.82, 2.24) is 4.57 Å². The lowest BCUT2D eigenvalue weighted by Crippen LogP contribution is -2.06. The van der Waals surface area contributed by atoms with Crippen molar-refractivity contribution in [2.24, 2.45) is 0 Å². The van der Waals surface area contributed by atoms with E-state index in [9.17, 15) is 9.59 Å². The predicted molar refractivity (Wildman–Crippen MR) is 81.0 cm³/mol. The van der Waals surface area contributed by atoms with Gasteiger partial charge in [0.2, 0.25) is 0 Å². The summed E-state index contributed by atoms with van der Waals surface area (Å²) in [6, 6.07) is 11.7. The minimum atomic E-state index is -0.421. The number of benzene rings is 1. The van der Waals surface area contributed by atoms with Gasteiger partial charge in [-0.05, 0) is 23.3 Å². The van der Waals surface area contributed by atoms with Gasteiger partial charge in [0, 0.05) is 25.7 Å². The van der Waals surface area contributed by atoms with Crippen molar-refractivity contribution in [1.29, 1.82) is 0 Å². The highest BCUT2D eigenvalue weighted by Gasteiger charge is 2.09. The fourth-order valence-electron chi connectivity index (χ4n) is 2.07. The molecule has 0 radical (unpaired) electrons. The Balaban J connectivity index is 2.27. The Labute approximate surface area is 123 Å². The van der Waals surface area contributed by atoms with Crippen molar-refractivity contribution in [2.45, 2.75) is 13.5 Å². The summed E-state index contributed by atoms with van der Waals surface area (Å²) in [5.74, 6) is -0.432. The number of ether oxygens (including phenoxy) is 1. The van der Waals surface area contributed by atoms with Gasteiger partial charge in [-0.1, -0.05) is 30.3 Å². The van der Waals surface area contributed by atoms with Crippen molar-refractivity contribution >= 4 is 17.8 Å². The summed E-state index contributed by atoms with van der Waals surface area (Å²) in [6.07, 6.45) is 4.83. The summed E-state index contributed by atoms with van der Waals surface area (Å²) < 4.78 is 6.44. The van der Waals surface area contributed by atoms with Crippen LogP contribution in [-0.4, -0.2) is 23.4 Å². The molecule has 0 saturated carbocycles. The Morgan fingerprint density at radius 1 is 1.24 bits per heavy atom. The van der Waals surface area contributed by atoms with Gasteiger partial charge >= 0.3 is 5.97 Å². The lowest BCUT2D eigenvalue weighted by Gasteiger charge is -2.06. The molecule has 0 saturated heterocycles. The van der Waals surface area contributed by atoms with Crippen molar-refractivity contribution in [2.75, 3.05) is 7.11 Å². The molecule has 0 fully saturated rings. The molecule has 0 spiro atoms. The topological polar surface area (TPSA) is 48.3 Å². The molecule has 0 bridgehead atoms. The first-order valence-electron chi connectivity index (χ1n) is 6.61. The largest absolute Gasteiger partial charge is 0.466 e. The van der Waals surface area contributed by atoms with Gasteiger partial charge in [0.25, 0.3) is 0 Å². The van der Waals surface area contributed by atoms with Crippen molar-refractivity contribution in [3.63, 3.8) is 0 Å². The number of methoxy groups -OCH3 is 1. The van der Waals surface area contributed by atoms with E-state index in [2.05, 4.69) is 4.74 Å². The van der Waals surface area contributed by atoms with Gasteiger partial charge in [0.05, 0.1) is 12.8 Å². The molecule has 0 atom stereocenters. The fraction of sp³-hybridized carbons (Fsp3) is 0.176. The number of carbonyl (C=O) groups excluding carboxylic acids is 2. The third kappa shape index (κ3) is 3.92. The van der Waals surface area contributed by atoms with Crippen LogP contribution in [0.5, 0.6) is 0 Å². The predicted octanol–water partition coefficient (Wildman–Crippen LogP) is 2.93. The van der Waals surface area contributed by atoms with Crippen LogP contribution in [0, 0.1) is 0 Å². The molecule has 0 aliphatic heterocycles. The molecule has 21 heavy (non-hydrogen) atoms. The zero-order chi connectivity index (χ0) is 15.2. The van der Waals surface area contributed by atoms with Crippen LogP contribution in [0.2, 0.25) is 0 Å². The van der Waals surface area contributed by atoms with Crippen molar-refractivity contribution in [3.05, 3.63) is 65.5 Å². The molecule has 4 nitrogen and oxygen atoms in total. The Morgan fingerprint density at radius 3 is 2.57 bits per heavy atom. The van der Waals surface area contributed by atoms with E-state index in [4.69, 9.17) is 0 Å². The maximum Gasteiger partial charge on any atom is 0.330 e. The molecule has 2 rings (SSSR count). The van der Waals surface area contributed by atoms with Gasteiger partial charge in [0.1, 0.15) is 0 Å². The molecule has 0 N–H and O–H groups in total. The number of hydrogen-bond donors (Lipinski definition) is 0. The van der Waals surface area contributed by atoms with E-state index < -0.39 is 5.97 Å². The average molecular weight is 283 g/mol. The van der Waals surface area contributed by atoms with E-state index in [-0.39, 0.29) is 5.78 Å². The van der Waals surface area contributed by atoms with Gasteiger partial charge in [-0.25, -0.2) is 4.79 Å². The van der Waals surface area contributed by atoms with E-state index in [1.165, 1.54) is 20.1 Å². The molecule has 4 heteroatoms. The van der Waals surface area contributed by atoms with E-state index in [0.29, 0.717) is 12.2 Å². The second-order valence-corrected chi connectivity index (χ2v) is 4.68. The summed E-state index contributed by atoms with van der Waals surface area (Å²) >= 11 is 0. The molecule has 1 aromatic carbocycles. The second kappa shape index (κ2) is 6.70. The van der Waals surface area contributed by atoms with Crippen LogP contribution < -0.4 is 0 Å². The van der Waals surface area contributed by atoms with Crippen LogP contribution in [0.25, 0.3) is 6.08 Å². The summed E-state index contributed by atoms with van der Waals surface area (Å²) in [7, 11) is 1.33. The first-order valence-corrected chi connectivity index (χ1v) is 6.61. The Hall–Kier alpha value is -2.62. The molecule has 1 heterocycles. The minimum absolute atomic E-state index is 0.0105. The normalized spacial score (nSPS) is 10.8. The third-order valence-corrected chi connectivity index (χ3v) is 3.09. The number of aromatic nitrogens is 1. The molecule has 1 aromatic heterocycles. The number of rotatable bonds is 5. The second-order valence-electron chi connectivity index (χ2n) is 4.68. The van der Waals surface area contributed by atoms with E-state index in [1.54, 1.807) is 12.1 Å². The molecular formula is C17H17NO3. The van der Waals surface area contributed by atoms with Crippen molar-refractivity contribution in [3.8, 4) is 0 Å². The minimum Gasteiger partial charge on any atom is -0.466 e. The van der Waals surface area contributed by atoms with Crippen LogP contribution in [0.15, 0.2) is 48.7 Å². The molecule has 0 amide bonds. The monoisotopic (exact) mass is 283 g/mol. The van der Waals surface area contributed by atoms with E-state index in [1.807, 2.05) is 41.1 Å². The summed E-state index contributed by atoms with van der Waals surface area (Å²) in [6.45, 7) is 2.15. The highest BCUT2D eigenvalue weighted by atomic mass is 16.5. The van der Waals surface area contributed by atoms with Crippen LogP contribution in [0.4, 0.5) is 0 Å². The first kappa shape index (κ1) is 14.8. The smallest absolute Gasteiger partial charge is 0.330 e. The highest BCUT2D eigenvalue weighted by Crippen LogP contribution is 2.14. The average Bonchev–Trinajstić information content (AvgIpc) is 2.89. The zero-order valence-corrected chi connectivity index (χ0v) is 12.1. The summed E-state index contributed by atoms with van der Waals surface area (Å²) in [5, 5.41) is 0. The van der Waals surface area contributed by atoms with Crippen molar-refractivity contribution < 1.29 is 14.3 Å². The van der Waals surface area contributed by atoms with Gasteiger partial charge in [-0.3, -0.25) is 4.79 Å². The molecular weight excluding hydrogens is 266 g/mol. The lowest BCUT2D eigenvalue weighted by atomic mass is 10.2. The molecule has 0 aliphatic rings. The molecule has 108 valence electrons. The standard InChI is InChI=1S/C17H17NO3/c1-13(19)16-10-15(8-9-17(20)21-2)12-18(16)11-14-6-4-3-5-7-14/h3-10,12H,11H2,1-2H3. The van der Waals surface area contributed by atoms with Gasteiger partial charge in [-0.15, -0.1) is 0 Å². The number of ketones is 1. The third-order valence-electron chi connectivity index (χ3n) is 3.09. The maximum absolute atomic E-state index is 11.7. The number of esters is 1. The van der Waals surface area contributed by atoms with Gasteiger partial charge in [-0.2, -0.15) is 0 Å².